The van der Waals surface area contributed by atoms with Crippen LogP contribution in [0.1, 0.15) is 11.3 Å². The van der Waals surface area contributed by atoms with Gasteiger partial charge in [-0.25, -0.2) is 4.98 Å². The van der Waals surface area contributed by atoms with Gasteiger partial charge in [0.05, 0.1) is 0 Å². The molecule has 3 heterocycles. The summed E-state index contributed by atoms with van der Waals surface area (Å²) in [5.74, 6) is 0.681. The van der Waals surface area contributed by atoms with E-state index in [1.54, 1.807) is 23.9 Å². The standard InChI is InChI=1S/C14H18N6S2/c1-19(7-3-5-15-10-12-4-2-9-21-12)14-17-13(18-22-14)20-8-6-16-11-20/h2,4,6,8-9,11,15H,3,5,7,10H2,1H3. The summed E-state index contributed by atoms with van der Waals surface area (Å²) >= 11 is 3.20. The van der Waals surface area contributed by atoms with Crippen molar-refractivity contribution in [2.75, 3.05) is 25.0 Å². The fraction of sp³-hybridized carbons (Fsp3) is 0.357. The molecular formula is C14H18N6S2. The number of anilines is 1. The van der Waals surface area contributed by atoms with Crippen LogP contribution in [0.25, 0.3) is 5.95 Å². The third-order valence-corrected chi connectivity index (χ3v) is 4.89. The Hall–Kier alpha value is -1.77. The first-order valence-corrected chi connectivity index (χ1v) is 8.74. The predicted molar refractivity (Wildman–Crippen MR) is 90.9 cm³/mol. The van der Waals surface area contributed by atoms with E-state index in [9.17, 15) is 0 Å². The minimum absolute atomic E-state index is 0.681. The highest BCUT2D eigenvalue weighted by molar-refractivity contribution is 7.10. The van der Waals surface area contributed by atoms with E-state index in [1.165, 1.54) is 16.4 Å². The smallest absolute Gasteiger partial charge is 0.248 e. The Balaban J connectivity index is 1.41. The van der Waals surface area contributed by atoms with Gasteiger partial charge in [-0.05, 0) is 24.4 Å². The minimum Gasteiger partial charge on any atom is -0.350 e. The van der Waals surface area contributed by atoms with Crippen LogP contribution >= 0.6 is 22.9 Å². The van der Waals surface area contributed by atoms with Gasteiger partial charge in [-0.1, -0.05) is 6.07 Å². The Bertz CT molecular complexity index is 661. The summed E-state index contributed by atoms with van der Waals surface area (Å²) in [6.45, 7) is 2.90. The van der Waals surface area contributed by atoms with Crippen molar-refractivity contribution in [2.24, 2.45) is 0 Å². The third kappa shape index (κ3) is 3.90. The molecule has 0 unspecified atom stereocenters. The second-order valence-corrected chi connectivity index (χ2v) is 6.64. The maximum atomic E-state index is 4.53. The van der Waals surface area contributed by atoms with Crippen molar-refractivity contribution in [3.05, 3.63) is 41.1 Å². The molecule has 0 bridgehead atoms. The summed E-state index contributed by atoms with van der Waals surface area (Å²) in [5.41, 5.74) is 0. The minimum atomic E-state index is 0.681. The van der Waals surface area contributed by atoms with Crippen molar-refractivity contribution in [1.82, 2.24) is 24.2 Å². The Morgan fingerprint density at radius 2 is 2.36 bits per heavy atom. The summed E-state index contributed by atoms with van der Waals surface area (Å²) in [5, 5.41) is 6.50. The molecule has 0 amide bonds. The maximum absolute atomic E-state index is 4.53. The van der Waals surface area contributed by atoms with E-state index >= 15 is 0 Å². The number of nitrogens with one attached hydrogen (secondary N) is 1. The number of rotatable bonds is 8. The second kappa shape index (κ2) is 7.48. The highest BCUT2D eigenvalue weighted by Crippen LogP contribution is 2.17. The summed E-state index contributed by atoms with van der Waals surface area (Å²) in [4.78, 5) is 12.1. The van der Waals surface area contributed by atoms with E-state index in [0.29, 0.717) is 5.95 Å². The second-order valence-electron chi connectivity index (χ2n) is 4.88. The topological polar surface area (TPSA) is 58.9 Å². The van der Waals surface area contributed by atoms with Crippen molar-refractivity contribution in [2.45, 2.75) is 13.0 Å². The first-order valence-electron chi connectivity index (χ1n) is 7.09. The highest BCUT2D eigenvalue weighted by atomic mass is 32.1. The van der Waals surface area contributed by atoms with Crippen LogP contribution in [0.2, 0.25) is 0 Å². The third-order valence-electron chi connectivity index (χ3n) is 3.19. The lowest BCUT2D eigenvalue weighted by atomic mass is 10.4. The van der Waals surface area contributed by atoms with Crippen LogP contribution in [0, 0.1) is 0 Å². The molecule has 0 aliphatic carbocycles. The predicted octanol–water partition coefficient (Wildman–Crippen LogP) is 2.40. The zero-order chi connectivity index (χ0) is 15.2. The Kier molecular flexibility index (Phi) is 5.15. The lowest BCUT2D eigenvalue weighted by Gasteiger charge is -2.14. The molecule has 1 N–H and O–H groups in total. The Labute approximate surface area is 137 Å². The van der Waals surface area contributed by atoms with Crippen LogP contribution in [0.4, 0.5) is 5.13 Å². The monoisotopic (exact) mass is 334 g/mol. The molecule has 0 radical (unpaired) electrons. The molecule has 22 heavy (non-hydrogen) atoms. The first kappa shape index (κ1) is 15.1. The molecule has 0 saturated heterocycles. The van der Waals surface area contributed by atoms with Crippen molar-refractivity contribution < 1.29 is 0 Å². The molecule has 0 aliphatic heterocycles. The SMILES string of the molecule is CN(CCCNCc1cccs1)c1nc(-n2ccnc2)ns1. The van der Waals surface area contributed by atoms with Crippen LogP contribution in [0.15, 0.2) is 36.2 Å². The lowest BCUT2D eigenvalue weighted by molar-refractivity contribution is 0.650. The quantitative estimate of drug-likeness (QED) is 0.641. The number of nitrogens with zero attached hydrogens (tertiary/aromatic N) is 5. The molecule has 3 aromatic rings. The van der Waals surface area contributed by atoms with Crippen LogP contribution < -0.4 is 10.2 Å². The molecule has 0 spiro atoms. The highest BCUT2D eigenvalue weighted by Gasteiger charge is 2.09. The zero-order valence-corrected chi connectivity index (χ0v) is 14.0. The summed E-state index contributed by atoms with van der Waals surface area (Å²) < 4.78 is 6.17. The van der Waals surface area contributed by atoms with Crippen LogP contribution in [0.5, 0.6) is 0 Å². The van der Waals surface area contributed by atoms with Crippen LogP contribution in [0.3, 0.4) is 0 Å². The largest absolute Gasteiger partial charge is 0.350 e. The van der Waals surface area contributed by atoms with Gasteiger partial charge in [-0.3, -0.25) is 4.57 Å². The number of hydrogen-bond donors (Lipinski definition) is 1. The van der Waals surface area contributed by atoms with Gasteiger partial charge in [-0.2, -0.15) is 9.36 Å². The van der Waals surface area contributed by atoms with Gasteiger partial charge in [0.15, 0.2) is 0 Å². The van der Waals surface area contributed by atoms with Gasteiger partial charge in [0.2, 0.25) is 11.1 Å². The Morgan fingerprint density at radius 1 is 1.41 bits per heavy atom. The molecule has 0 fully saturated rings. The lowest BCUT2D eigenvalue weighted by Crippen LogP contribution is -2.23. The van der Waals surface area contributed by atoms with Gasteiger partial charge in [0, 0.05) is 48.9 Å². The van der Waals surface area contributed by atoms with Gasteiger partial charge in [0.1, 0.15) is 6.33 Å². The van der Waals surface area contributed by atoms with Gasteiger partial charge < -0.3 is 10.2 Å². The molecule has 116 valence electrons. The van der Waals surface area contributed by atoms with E-state index in [1.807, 2.05) is 10.8 Å². The van der Waals surface area contributed by atoms with E-state index in [2.05, 4.69) is 49.1 Å². The molecule has 0 atom stereocenters. The summed E-state index contributed by atoms with van der Waals surface area (Å²) in [6, 6.07) is 4.24. The molecule has 3 aromatic heterocycles. The maximum Gasteiger partial charge on any atom is 0.248 e. The van der Waals surface area contributed by atoms with Crippen molar-refractivity contribution in [1.29, 1.82) is 0 Å². The first-order chi connectivity index (χ1) is 10.8. The van der Waals surface area contributed by atoms with Crippen LogP contribution in [-0.4, -0.2) is 39.0 Å². The van der Waals surface area contributed by atoms with E-state index in [-0.39, 0.29) is 0 Å². The van der Waals surface area contributed by atoms with Crippen molar-refractivity contribution in [3.63, 3.8) is 0 Å². The number of imidazole rings is 1. The van der Waals surface area contributed by atoms with Crippen molar-refractivity contribution >= 4 is 28.0 Å². The Morgan fingerprint density at radius 3 is 3.14 bits per heavy atom. The molecule has 8 heteroatoms. The van der Waals surface area contributed by atoms with E-state index < -0.39 is 0 Å². The molecular weight excluding hydrogens is 316 g/mol. The average molecular weight is 334 g/mol. The van der Waals surface area contributed by atoms with Gasteiger partial charge in [0.25, 0.3) is 0 Å². The van der Waals surface area contributed by atoms with Gasteiger partial charge >= 0.3 is 0 Å². The molecule has 0 aliphatic rings. The zero-order valence-electron chi connectivity index (χ0n) is 12.3. The van der Waals surface area contributed by atoms with E-state index in [0.717, 1.165) is 31.2 Å². The number of aromatic nitrogens is 4. The van der Waals surface area contributed by atoms with E-state index in [4.69, 9.17) is 0 Å². The van der Waals surface area contributed by atoms with Crippen molar-refractivity contribution in [3.8, 4) is 5.95 Å². The number of thiophene rings is 1. The summed E-state index contributed by atoms with van der Waals surface area (Å²) in [6.07, 6.45) is 6.35. The van der Waals surface area contributed by atoms with Crippen LogP contribution in [-0.2, 0) is 6.54 Å². The molecule has 3 rings (SSSR count). The summed E-state index contributed by atoms with van der Waals surface area (Å²) in [7, 11) is 2.05. The normalized spacial score (nSPS) is 11.0. The fourth-order valence-corrected chi connectivity index (χ4v) is 3.33. The van der Waals surface area contributed by atoms with Gasteiger partial charge in [-0.15, -0.1) is 11.3 Å². The molecule has 0 saturated carbocycles. The molecule has 0 aromatic carbocycles. The fourth-order valence-electron chi connectivity index (χ4n) is 2.01. The number of hydrogen-bond acceptors (Lipinski definition) is 7. The average Bonchev–Trinajstić information content (AvgIpc) is 3.26. The molecule has 6 nitrogen and oxygen atoms in total.